The Labute approximate surface area is 170 Å². The van der Waals surface area contributed by atoms with Crippen LogP contribution in [0.2, 0.25) is 0 Å². The van der Waals surface area contributed by atoms with Crippen LogP contribution in [0.15, 0.2) is 77.4 Å². The lowest BCUT2D eigenvalue weighted by molar-refractivity contribution is 0.0935. The maximum absolute atomic E-state index is 12.7. The zero-order chi connectivity index (χ0) is 19.9. The lowest BCUT2D eigenvalue weighted by Crippen LogP contribution is -2.30. The summed E-state index contributed by atoms with van der Waals surface area (Å²) < 4.78 is 0.863. The Balaban J connectivity index is 1.79. The highest BCUT2D eigenvalue weighted by molar-refractivity contribution is 9.10. The maximum atomic E-state index is 12.7. The van der Waals surface area contributed by atoms with Crippen LogP contribution in [0, 0.1) is 0 Å². The molecule has 0 radical (unpaired) electrons. The molecule has 2 aromatic carbocycles. The van der Waals surface area contributed by atoms with Crippen molar-refractivity contribution in [1.29, 1.82) is 0 Å². The second-order valence-electron chi connectivity index (χ2n) is 6.12. The number of halogens is 1. The second-order valence-corrected chi connectivity index (χ2v) is 7.04. The number of amides is 2. The minimum atomic E-state index is -1.15. The van der Waals surface area contributed by atoms with Crippen LogP contribution in [0.3, 0.4) is 0 Å². The van der Waals surface area contributed by atoms with E-state index in [4.69, 9.17) is 5.11 Å². The second kappa shape index (κ2) is 9.14. The van der Waals surface area contributed by atoms with Crippen LogP contribution in [-0.4, -0.2) is 22.1 Å². The Kier molecular flexibility index (Phi) is 6.39. The molecule has 0 aliphatic rings. The first-order valence-electron chi connectivity index (χ1n) is 8.57. The molecule has 3 aromatic rings. The molecule has 1 atom stereocenters. The fourth-order valence-electron chi connectivity index (χ4n) is 2.74. The largest absolute Gasteiger partial charge is 0.465 e. The van der Waals surface area contributed by atoms with E-state index in [1.165, 1.54) is 0 Å². The van der Waals surface area contributed by atoms with E-state index in [0.717, 1.165) is 15.7 Å². The molecule has 0 aliphatic carbocycles. The van der Waals surface area contributed by atoms with E-state index in [1.54, 1.807) is 30.5 Å². The molecule has 0 saturated heterocycles. The van der Waals surface area contributed by atoms with Crippen molar-refractivity contribution in [1.82, 2.24) is 10.3 Å². The molecule has 7 heteroatoms. The maximum Gasteiger partial charge on any atom is 0.409 e. The number of hydrogen-bond donors (Lipinski definition) is 3. The van der Waals surface area contributed by atoms with Gasteiger partial charge in [-0.2, -0.15) is 0 Å². The van der Waals surface area contributed by atoms with Gasteiger partial charge in [0, 0.05) is 21.9 Å². The number of benzene rings is 2. The van der Waals surface area contributed by atoms with Crippen molar-refractivity contribution in [2.45, 2.75) is 12.5 Å². The number of nitrogens with zero attached hydrogens (tertiary/aromatic N) is 1. The fourth-order valence-corrected chi connectivity index (χ4v) is 2.98. The van der Waals surface area contributed by atoms with E-state index in [0.29, 0.717) is 17.7 Å². The molecule has 0 spiro atoms. The third kappa shape index (κ3) is 5.40. The van der Waals surface area contributed by atoms with E-state index in [9.17, 15) is 9.59 Å². The van der Waals surface area contributed by atoms with E-state index >= 15 is 0 Å². The lowest BCUT2D eigenvalue weighted by Gasteiger charge is -2.19. The predicted molar refractivity (Wildman–Crippen MR) is 110 cm³/mol. The van der Waals surface area contributed by atoms with Gasteiger partial charge in [0.1, 0.15) is 0 Å². The van der Waals surface area contributed by atoms with E-state index < -0.39 is 6.09 Å². The highest BCUT2D eigenvalue weighted by Gasteiger charge is 2.18. The van der Waals surface area contributed by atoms with Gasteiger partial charge < -0.3 is 10.4 Å². The van der Waals surface area contributed by atoms with Gasteiger partial charge in [0.05, 0.1) is 11.7 Å². The molecule has 1 heterocycles. The molecule has 1 unspecified atom stereocenters. The van der Waals surface area contributed by atoms with Crippen molar-refractivity contribution >= 4 is 33.6 Å². The number of pyridine rings is 1. The molecule has 0 bridgehead atoms. The normalized spacial score (nSPS) is 11.5. The van der Waals surface area contributed by atoms with Gasteiger partial charge in [-0.05, 0) is 64.3 Å². The summed E-state index contributed by atoms with van der Waals surface area (Å²) in [5.74, 6) is -0.257. The molecule has 0 aliphatic heterocycles. The minimum Gasteiger partial charge on any atom is -0.465 e. The monoisotopic (exact) mass is 439 g/mol. The van der Waals surface area contributed by atoms with Gasteiger partial charge in [0.15, 0.2) is 0 Å². The molecule has 0 fully saturated rings. The topological polar surface area (TPSA) is 91.3 Å². The third-order valence-electron chi connectivity index (χ3n) is 4.09. The summed E-state index contributed by atoms with van der Waals surface area (Å²) in [6, 6.07) is 19.6. The Morgan fingerprint density at radius 2 is 1.71 bits per heavy atom. The number of hydrogen-bond acceptors (Lipinski definition) is 3. The summed E-state index contributed by atoms with van der Waals surface area (Å²) in [7, 11) is 0. The molecular weight excluding hydrogens is 422 g/mol. The highest BCUT2D eigenvalue weighted by atomic mass is 79.9. The van der Waals surface area contributed by atoms with Gasteiger partial charge in [-0.3, -0.25) is 15.1 Å². The molecule has 6 nitrogen and oxygen atoms in total. The van der Waals surface area contributed by atoms with Gasteiger partial charge in [-0.1, -0.05) is 30.3 Å². The SMILES string of the molecule is O=C(O)Nc1ccc(C(=O)NC(Cc2ccccc2)c2ccc(Br)cn2)cc1. The summed E-state index contributed by atoms with van der Waals surface area (Å²) in [6.07, 6.45) is 1.15. The standard InChI is InChI=1S/C21H18BrN3O3/c22-16-8-11-18(23-13-16)19(12-14-4-2-1-3-5-14)25-20(26)15-6-9-17(10-7-15)24-21(27)28/h1-11,13,19,24H,12H2,(H,25,26)(H,27,28). The number of nitrogens with one attached hydrogen (secondary N) is 2. The first kappa shape index (κ1) is 19.6. The van der Waals surface area contributed by atoms with Crippen LogP contribution in [-0.2, 0) is 6.42 Å². The van der Waals surface area contributed by atoms with Crippen LogP contribution in [0.25, 0.3) is 0 Å². The smallest absolute Gasteiger partial charge is 0.409 e. The summed E-state index contributed by atoms with van der Waals surface area (Å²) >= 11 is 3.38. The van der Waals surface area contributed by atoms with Crippen molar-refractivity contribution in [3.8, 4) is 0 Å². The first-order chi connectivity index (χ1) is 13.5. The molecule has 3 N–H and O–H groups in total. The molecule has 0 saturated carbocycles. The quantitative estimate of drug-likeness (QED) is 0.521. The van der Waals surface area contributed by atoms with Crippen LogP contribution >= 0.6 is 15.9 Å². The Bertz CT molecular complexity index is 945. The number of aromatic nitrogens is 1. The number of carboxylic acid groups (broad SMARTS) is 1. The molecule has 3 rings (SSSR count). The minimum absolute atomic E-state index is 0.257. The summed E-state index contributed by atoms with van der Waals surface area (Å²) in [5.41, 5.74) is 2.67. The zero-order valence-corrected chi connectivity index (χ0v) is 16.4. The average Bonchev–Trinajstić information content (AvgIpc) is 2.69. The van der Waals surface area contributed by atoms with Gasteiger partial charge in [-0.25, -0.2) is 4.79 Å². The number of rotatable bonds is 6. The van der Waals surface area contributed by atoms with Crippen molar-refractivity contribution in [2.24, 2.45) is 0 Å². The number of carbonyl (C=O) groups is 2. The van der Waals surface area contributed by atoms with E-state index in [-0.39, 0.29) is 11.9 Å². The van der Waals surface area contributed by atoms with E-state index in [2.05, 4.69) is 31.5 Å². The van der Waals surface area contributed by atoms with Crippen molar-refractivity contribution < 1.29 is 14.7 Å². The van der Waals surface area contributed by atoms with Gasteiger partial charge in [0.25, 0.3) is 5.91 Å². The molecule has 2 amide bonds. The zero-order valence-electron chi connectivity index (χ0n) is 14.8. The molecule has 1 aromatic heterocycles. The summed E-state index contributed by atoms with van der Waals surface area (Å²) in [6.45, 7) is 0. The van der Waals surface area contributed by atoms with Crippen LogP contribution in [0.4, 0.5) is 10.5 Å². The molecule has 142 valence electrons. The van der Waals surface area contributed by atoms with Gasteiger partial charge in [-0.15, -0.1) is 0 Å². The molecule has 28 heavy (non-hydrogen) atoms. The Morgan fingerprint density at radius 3 is 2.32 bits per heavy atom. The van der Waals surface area contributed by atoms with Gasteiger partial charge >= 0.3 is 6.09 Å². The van der Waals surface area contributed by atoms with Crippen molar-refractivity contribution in [2.75, 3.05) is 5.32 Å². The fraction of sp³-hybridized carbons (Fsp3) is 0.0952. The van der Waals surface area contributed by atoms with Crippen LogP contribution < -0.4 is 10.6 Å². The Hall–Kier alpha value is -3.19. The molecular formula is C21H18BrN3O3. The lowest BCUT2D eigenvalue weighted by atomic mass is 10.0. The Morgan fingerprint density at radius 1 is 1.00 bits per heavy atom. The van der Waals surface area contributed by atoms with Crippen LogP contribution in [0.5, 0.6) is 0 Å². The van der Waals surface area contributed by atoms with Crippen molar-refractivity contribution in [3.05, 3.63) is 94.2 Å². The van der Waals surface area contributed by atoms with Crippen molar-refractivity contribution in [3.63, 3.8) is 0 Å². The third-order valence-corrected chi connectivity index (χ3v) is 4.56. The van der Waals surface area contributed by atoms with E-state index in [1.807, 2.05) is 42.5 Å². The predicted octanol–water partition coefficient (Wildman–Crippen LogP) is 4.65. The van der Waals surface area contributed by atoms with Gasteiger partial charge in [0.2, 0.25) is 0 Å². The number of carbonyl (C=O) groups excluding carboxylic acids is 1. The number of anilines is 1. The highest BCUT2D eigenvalue weighted by Crippen LogP contribution is 2.20. The summed E-state index contributed by atoms with van der Waals surface area (Å²) in [5, 5.41) is 14.0. The average molecular weight is 440 g/mol. The summed E-state index contributed by atoms with van der Waals surface area (Å²) in [4.78, 5) is 27.9. The van der Waals surface area contributed by atoms with Crippen LogP contribution in [0.1, 0.15) is 27.7 Å². The first-order valence-corrected chi connectivity index (χ1v) is 9.37.